The molecule has 0 saturated heterocycles. The second-order valence-electron chi connectivity index (χ2n) is 3.10. The van der Waals surface area contributed by atoms with Crippen LogP contribution in [0.15, 0.2) is 69.7 Å². The average Bonchev–Trinajstić information content (AvgIpc) is 2.39. The number of rotatable bonds is 3. The van der Waals surface area contributed by atoms with E-state index in [1.54, 1.807) is 0 Å². The lowest BCUT2D eigenvalue weighted by atomic mass is 10.1. The third kappa shape index (κ3) is 4.18. The lowest BCUT2D eigenvalue weighted by Gasteiger charge is -2.03. The van der Waals surface area contributed by atoms with Crippen LogP contribution in [0.25, 0.3) is 0 Å². The molecule has 0 N–H and O–H groups in total. The van der Waals surface area contributed by atoms with Crippen LogP contribution in [0.3, 0.4) is 0 Å². The molecule has 0 amide bonds. The van der Waals surface area contributed by atoms with Crippen LogP contribution in [0, 0.1) is 0 Å². The quantitative estimate of drug-likeness (QED) is 0.627. The summed E-state index contributed by atoms with van der Waals surface area (Å²) in [6.07, 6.45) is 13.0. The summed E-state index contributed by atoms with van der Waals surface area (Å²) in [5.41, 5.74) is 2.19. The fourth-order valence-electron chi connectivity index (χ4n) is 1.24. The van der Waals surface area contributed by atoms with Crippen LogP contribution in [-0.2, 0) is 0 Å². The fraction of sp³-hybridized carbons (Fsp3) is 0.0769. The van der Waals surface area contributed by atoms with E-state index in [2.05, 4.69) is 69.3 Å². The monoisotopic (exact) mass is 326 g/mol. The number of allylic oxidation sites excluding steroid dienone is 10. The molecular weight excluding hydrogens is 316 g/mol. The molecule has 0 heterocycles. The van der Waals surface area contributed by atoms with Gasteiger partial charge in [0.25, 0.3) is 0 Å². The summed E-state index contributed by atoms with van der Waals surface area (Å²) in [5, 5.41) is 0. The molecule has 0 radical (unpaired) electrons. The molecule has 0 aromatic carbocycles. The van der Waals surface area contributed by atoms with Crippen molar-refractivity contribution in [2.24, 2.45) is 0 Å². The lowest BCUT2D eigenvalue weighted by Crippen LogP contribution is -1.83. The van der Waals surface area contributed by atoms with Gasteiger partial charge in [0.1, 0.15) is 0 Å². The van der Waals surface area contributed by atoms with Crippen molar-refractivity contribution in [1.29, 1.82) is 0 Å². The molecule has 0 nitrogen and oxygen atoms in total. The van der Waals surface area contributed by atoms with E-state index in [4.69, 9.17) is 0 Å². The molecule has 0 aliphatic heterocycles. The zero-order valence-electron chi connectivity index (χ0n) is 8.34. The highest BCUT2D eigenvalue weighted by Gasteiger charge is 2.02. The van der Waals surface area contributed by atoms with Crippen molar-refractivity contribution in [2.75, 3.05) is 0 Å². The first-order valence-corrected chi connectivity index (χ1v) is 6.14. The minimum atomic E-state index is 0.844. The molecule has 1 aliphatic carbocycles. The SMILES string of the molecule is C=C/C(=C\C(=C)Br)C1=CC=CCC(Br)=C1. The number of hydrogen-bond acceptors (Lipinski definition) is 0. The molecule has 0 saturated carbocycles. The molecule has 0 spiro atoms. The summed E-state index contributed by atoms with van der Waals surface area (Å²) in [5.74, 6) is 0. The van der Waals surface area contributed by atoms with Crippen LogP contribution in [0.2, 0.25) is 0 Å². The van der Waals surface area contributed by atoms with Crippen LogP contribution in [0.4, 0.5) is 0 Å². The third-order valence-electron chi connectivity index (χ3n) is 1.90. The van der Waals surface area contributed by atoms with Crippen molar-refractivity contribution in [3.8, 4) is 0 Å². The van der Waals surface area contributed by atoms with E-state index in [9.17, 15) is 0 Å². The Labute approximate surface area is 108 Å². The van der Waals surface area contributed by atoms with Gasteiger partial charge in [-0.3, -0.25) is 0 Å². The lowest BCUT2D eigenvalue weighted by molar-refractivity contribution is 1.37. The molecule has 0 bridgehead atoms. The molecule has 0 aromatic rings. The van der Waals surface area contributed by atoms with Gasteiger partial charge in [0.05, 0.1) is 0 Å². The normalized spacial score (nSPS) is 16.5. The minimum Gasteiger partial charge on any atom is -0.0984 e. The molecule has 0 atom stereocenters. The van der Waals surface area contributed by atoms with Gasteiger partial charge in [-0.15, -0.1) is 0 Å². The Morgan fingerprint density at radius 2 is 2.20 bits per heavy atom. The molecular formula is C13H12Br2. The first-order chi connectivity index (χ1) is 7.13. The van der Waals surface area contributed by atoms with E-state index < -0.39 is 0 Å². The van der Waals surface area contributed by atoms with Crippen LogP contribution in [0.1, 0.15) is 6.42 Å². The van der Waals surface area contributed by atoms with Crippen molar-refractivity contribution >= 4 is 31.9 Å². The maximum Gasteiger partial charge on any atom is 0.0109 e. The van der Waals surface area contributed by atoms with Crippen LogP contribution < -0.4 is 0 Å². The second-order valence-corrected chi connectivity index (χ2v) is 5.13. The molecule has 2 heteroatoms. The predicted molar refractivity (Wildman–Crippen MR) is 75.2 cm³/mol. The Bertz CT molecular complexity index is 393. The maximum absolute atomic E-state index is 3.81. The summed E-state index contributed by atoms with van der Waals surface area (Å²) in [7, 11) is 0. The Morgan fingerprint density at radius 1 is 1.47 bits per heavy atom. The van der Waals surface area contributed by atoms with E-state index in [1.165, 1.54) is 0 Å². The van der Waals surface area contributed by atoms with Gasteiger partial charge >= 0.3 is 0 Å². The molecule has 15 heavy (non-hydrogen) atoms. The van der Waals surface area contributed by atoms with Gasteiger partial charge in [-0.2, -0.15) is 0 Å². The van der Waals surface area contributed by atoms with Crippen molar-refractivity contribution in [3.63, 3.8) is 0 Å². The zero-order valence-corrected chi connectivity index (χ0v) is 11.5. The smallest absolute Gasteiger partial charge is 0.0109 e. The molecule has 1 aliphatic rings. The first kappa shape index (κ1) is 12.5. The van der Waals surface area contributed by atoms with E-state index in [0.29, 0.717) is 0 Å². The van der Waals surface area contributed by atoms with Crippen LogP contribution >= 0.6 is 31.9 Å². The summed E-state index contributed by atoms with van der Waals surface area (Å²) >= 11 is 6.84. The van der Waals surface area contributed by atoms with E-state index in [-0.39, 0.29) is 0 Å². The maximum atomic E-state index is 3.81. The summed E-state index contributed by atoms with van der Waals surface area (Å²) in [4.78, 5) is 0. The first-order valence-electron chi connectivity index (χ1n) is 4.55. The van der Waals surface area contributed by atoms with Gasteiger partial charge < -0.3 is 0 Å². The fourth-order valence-corrected chi connectivity index (χ4v) is 1.92. The molecule has 1 rings (SSSR count). The summed E-state index contributed by atoms with van der Waals surface area (Å²) in [6.45, 7) is 7.60. The standard InChI is InChI=1S/C13H12Br2/c1-3-11(8-10(2)14)12-6-4-5-7-13(15)9-12/h3-6,8-9H,1-2,7H2/b11-8+. The minimum absolute atomic E-state index is 0.844. The van der Waals surface area contributed by atoms with Crippen molar-refractivity contribution in [3.05, 3.63) is 69.7 Å². The Morgan fingerprint density at radius 3 is 2.80 bits per heavy atom. The van der Waals surface area contributed by atoms with Crippen molar-refractivity contribution < 1.29 is 0 Å². The summed E-state index contributed by atoms with van der Waals surface area (Å²) in [6, 6.07) is 0. The summed E-state index contributed by atoms with van der Waals surface area (Å²) < 4.78 is 2.01. The van der Waals surface area contributed by atoms with Gasteiger partial charge in [0.2, 0.25) is 0 Å². The highest BCUT2D eigenvalue weighted by atomic mass is 79.9. The Kier molecular flexibility index (Phi) is 5.06. The number of halogens is 2. The van der Waals surface area contributed by atoms with Crippen LogP contribution in [0.5, 0.6) is 0 Å². The van der Waals surface area contributed by atoms with Gasteiger partial charge in [0, 0.05) is 4.48 Å². The van der Waals surface area contributed by atoms with E-state index >= 15 is 0 Å². The van der Waals surface area contributed by atoms with Gasteiger partial charge in [0.15, 0.2) is 0 Å². The largest absolute Gasteiger partial charge is 0.0984 e. The highest BCUT2D eigenvalue weighted by Crippen LogP contribution is 2.24. The predicted octanol–water partition coefficient (Wildman–Crippen LogP) is 5.17. The van der Waals surface area contributed by atoms with Gasteiger partial charge in [-0.1, -0.05) is 69.3 Å². The number of hydrogen-bond donors (Lipinski definition) is 0. The van der Waals surface area contributed by atoms with Gasteiger partial charge in [-0.05, 0) is 34.2 Å². The highest BCUT2D eigenvalue weighted by molar-refractivity contribution is 9.12. The average molecular weight is 328 g/mol. The molecule has 0 fully saturated rings. The topological polar surface area (TPSA) is 0 Å². The van der Waals surface area contributed by atoms with E-state index in [0.717, 1.165) is 26.5 Å². The van der Waals surface area contributed by atoms with Crippen LogP contribution in [-0.4, -0.2) is 0 Å². The Balaban J connectivity index is 3.09. The van der Waals surface area contributed by atoms with E-state index in [1.807, 2.05) is 12.2 Å². The second kappa shape index (κ2) is 6.09. The van der Waals surface area contributed by atoms with Crippen molar-refractivity contribution in [1.82, 2.24) is 0 Å². The zero-order chi connectivity index (χ0) is 11.3. The molecule has 78 valence electrons. The molecule has 0 unspecified atom stereocenters. The third-order valence-corrected chi connectivity index (χ3v) is 2.68. The van der Waals surface area contributed by atoms with Crippen molar-refractivity contribution in [2.45, 2.75) is 6.42 Å². The Hall–Kier alpha value is -0.600. The van der Waals surface area contributed by atoms with Gasteiger partial charge in [-0.25, -0.2) is 0 Å². The molecule has 0 aromatic heterocycles.